The summed E-state index contributed by atoms with van der Waals surface area (Å²) in [5.74, 6) is 1.64. The predicted octanol–water partition coefficient (Wildman–Crippen LogP) is 3.33. The third-order valence-electron chi connectivity index (χ3n) is 3.06. The van der Waals surface area contributed by atoms with Crippen molar-refractivity contribution in [2.45, 2.75) is 13.5 Å². The van der Waals surface area contributed by atoms with E-state index < -0.39 is 0 Å². The van der Waals surface area contributed by atoms with Gasteiger partial charge in [0.25, 0.3) is 0 Å². The quantitative estimate of drug-likeness (QED) is 0.657. The molecule has 4 heteroatoms. The Kier molecular flexibility index (Phi) is 3.33. The van der Waals surface area contributed by atoms with E-state index in [0.29, 0.717) is 6.61 Å². The van der Waals surface area contributed by atoms with Crippen LogP contribution in [0.2, 0.25) is 0 Å². The Morgan fingerprint density at radius 1 is 1.21 bits per heavy atom. The molecule has 0 fully saturated rings. The molecule has 0 spiro atoms. The van der Waals surface area contributed by atoms with Crippen molar-refractivity contribution in [3.8, 4) is 11.6 Å². The second kappa shape index (κ2) is 5.28. The standard InChI is InChI=1S/C15H16N2O2/c1-2-18-11-9-17-13-7-4-3-6-12(13)16-15(17)14-8-5-10-19-14/h3-8,10H,2,9,11H2,1H3. The summed E-state index contributed by atoms with van der Waals surface area (Å²) in [6, 6.07) is 11.9. The maximum atomic E-state index is 5.47. The molecule has 0 saturated heterocycles. The number of hydrogen-bond donors (Lipinski definition) is 0. The molecule has 0 bridgehead atoms. The van der Waals surface area contributed by atoms with Gasteiger partial charge in [0.15, 0.2) is 11.6 Å². The highest BCUT2D eigenvalue weighted by Crippen LogP contribution is 2.24. The van der Waals surface area contributed by atoms with Gasteiger partial charge in [-0.25, -0.2) is 4.98 Å². The highest BCUT2D eigenvalue weighted by atomic mass is 16.5. The van der Waals surface area contributed by atoms with Crippen LogP contribution in [0.15, 0.2) is 47.1 Å². The maximum absolute atomic E-state index is 5.47. The number of para-hydroxylation sites is 2. The lowest BCUT2D eigenvalue weighted by atomic mass is 10.3. The summed E-state index contributed by atoms with van der Waals surface area (Å²) < 4.78 is 13.1. The molecule has 98 valence electrons. The molecule has 0 N–H and O–H groups in total. The average molecular weight is 256 g/mol. The van der Waals surface area contributed by atoms with E-state index in [2.05, 4.69) is 15.6 Å². The molecule has 0 aliphatic heterocycles. The summed E-state index contributed by atoms with van der Waals surface area (Å²) in [6.07, 6.45) is 1.67. The molecule has 0 amide bonds. The molecule has 19 heavy (non-hydrogen) atoms. The van der Waals surface area contributed by atoms with Gasteiger partial charge in [-0.05, 0) is 31.2 Å². The van der Waals surface area contributed by atoms with Crippen molar-refractivity contribution in [2.75, 3.05) is 13.2 Å². The monoisotopic (exact) mass is 256 g/mol. The molecule has 0 radical (unpaired) electrons. The predicted molar refractivity (Wildman–Crippen MR) is 73.9 cm³/mol. The van der Waals surface area contributed by atoms with Crippen LogP contribution in [0.1, 0.15) is 6.92 Å². The molecule has 0 saturated carbocycles. The third-order valence-corrected chi connectivity index (χ3v) is 3.06. The highest BCUT2D eigenvalue weighted by molar-refractivity contribution is 5.79. The van der Waals surface area contributed by atoms with Crippen molar-refractivity contribution in [1.29, 1.82) is 0 Å². The first-order valence-corrected chi connectivity index (χ1v) is 6.47. The fourth-order valence-electron chi connectivity index (χ4n) is 2.20. The van der Waals surface area contributed by atoms with Crippen LogP contribution in [0, 0.1) is 0 Å². The first-order chi connectivity index (χ1) is 9.40. The molecule has 1 aromatic carbocycles. The molecule has 3 aromatic rings. The van der Waals surface area contributed by atoms with Crippen molar-refractivity contribution in [2.24, 2.45) is 0 Å². The van der Waals surface area contributed by atoms with Crippen LogP contribution in [-0.2, 0) is 11.3 Å². The van der Waals surface area contributed by atoms with Crippen molar-refractivity contribution >= 4 is 11.0 Å². The summed E-state index contributed by atoms with van der Waals surface area (Å²) in [5, 5.41) is 0. The zero-order valence-corrected chi connectivity index (χ0v) is 10.9. The molecule has 4 nitrogen and oxygen atoms in total. The normalized spacial score (nSPS) is 11.2. The number of hydrogen-bond acceptors (Lipinski definition) is 3. The van der Waals surface area contributed by atoms with Crippen LogP contribution in [0.4, 0.5) is 0 Å². The SMILES string of the molecule is CCOCCn1c(-c2ccco2)nc2ccccc21. The third kappa shape index (κ3) is 2.27. The van der Waals surface area contributed by atoms with E-state index in [4.69, 9.17) is 9.15 Å². The smallest absolute Gasteiger partial charge is 0.177 e. The molecule has 2 aromatic heterocycles. The van der Waals surface area contributed by atoms with Gasteiger partial charge in [0.1, 0.15) is 0 Å². The lowest BCUT2D eigenvalue weighted by Gasteiger charge is -2.07. The molecule has 0 aliphatic carbocycles. The molecule has 2 heterocycles. The summed E-state index contributed by atoms with van der Waals surface area (Å²) in [7, 11) is 0. The van der Waals surface area contributed by atoms with Crippen molar-refractivity contribution in [1.82, 2.24) is 9.55 Å². The molecule has 0 aliphatic rings. The lowest BCUT2D eigenvalue weighted by Crippen LogP contribution is -2.07. The Bertz CT molecular complexity index is 656. The highest BCUT2D eigenvalue weighted by Gasteiger charge is 2.13. The van der Waals surface area contributed by atoms with Crippen molar-refractivity contribution in [3.05, 3.63) is 42.7 Å². The molecular formula is C15H16N2O2. The van der Waals surface area contributed by atoms with Gasteiger partial charge in [-0.1, -0.05) is 12.1 Å². The minimum Gasteiger partial charge on any atom is -0.461 e. The maximum Gasteiger partial charge on any atom is 0.177 e. The van der Waals surface area contributed by atoms with Crippen LogP contribution >= 0.6 is 0 Å². The zero-order valence-electron chi connectivity index (χ0n) is 10.9. The fraction of sp³-hybridized carbons (Fsp3) is 0.267. The van der Waals surface area contributed by atoms with Crippen LogP contribution in [0.5, 0.6) is 0 Å². The summed E-state index contributed by atoms with van der Waals surface area (Å²) in [4.78, 5) is 4.65. The van der Waals surface area contributed by atoms with Gasteiger partial charge < -0.3 is 13.7 Å². The van der Waals surface area contributed by atoms with Crippen LogP contribution < -0.4 is 0 Å². The Morgan fingerprint density at radius 3 is 2.89 bits per heavy atom. The average Bonchev–Trinajstić information content (AvgIpc) is 3.06. The van der Waals surface area contributed by atoms with Crippen molar-refractivity contribution in [3.63, 3.8) is 0 Å². The Balaban J connectivity index is 2.06. The van der Waals surface area contributed by atoms with Crippen molar-refractivity contribution < 1.29 is 9.15 Å². The molecule has 3 rings (SSSR count). The number of benzene rings is 1. The topological polar surface area (TPSA) is 40.2 Å². The van der Waals surface area contributed by atoms with Crippen LogP contribution in [0.25, 0.3) is 22.6 Å². The Labute approximate surface area is 111 Å². The van der Waals surface area contributed by atoms with E-state index in [1.807, 2.05) is 37.3 Å². The first kappa shape index (κ1) is 12.0. The van der Waals surface area contributed by atoms with Gasteiger partial charge in [0.05, 0.1) is 23.9 Å². The van der Waals surface area contributed by atoms with Gasteiger partial charge in [-0.15, -0.1) is 0 Å². The molecular weight excluding hydrogens is 240 g/mol. The van der Waals surface area contributed by atoms with Gasteiger partial charge in [-0.2, -0.15) is 0 Å². The number of rotatable bonds is 5. The first-order valence-electron chi connectivity index (χ1n) is 6.47. The number of nitrogens with zero attached hydrogens (tertiary/aromatic N) is 2. The van der Waals surface area contributed by atoms with Gasteiger partial charge in [0.2, 0.25) is 0 Å². The summed E-state index contributed by atoms with van der Waals surface area (Å²) in [5.41, 5.74) is 2.08. The van der Waals surface area contributed by atoms with Crippen LogP contribution in [-0.4, -0.2) is 22.8 Å². The number of imidazole rings is 1. The second-order valence-corrected chi connectivity index (χ2v) is 4.25. The summed E-state index contributed by atoms with van der Waals surface area (Å²) in [6.45, 7) is 4.16. The van der Waals surface area contributed by atoms with Gasteiger partial charge in [-0.3, -0.25) is 0 Å². The Morgan fingerprint density at radius 2 is 2.11 bits per heavy atom. The number of fused-ring (bicyclic) bond motifs is 1. The summed E-state index contributed by atoms with van der Waals surface area (Å²) >= 11 is 0. The number of aromatic nitrogens is 2. The second-order valence-electron chi connectivity index (χ2n) is 4.25. The van der Waals surface area contributed by atoms with Crippen LogP contribution in [0.3, 0.4) is 0 Å². The van der Waals surface area contributed by atoms with Gasteiger partial charge >= 0.3 is 0 Å². The van der Waals surface area contributed by atoms with E-state index in [0.717, 1.165) is 35.8 Å². The fourth-order valence-corrected chi connectivity index (χ4v) is 2.20. The van der Waals surface area contributed by atoms with E-state index >= 15 is 0 Å². The Hall–Kier alpha value is -2.07. The molecule has 0 atom stereocenters. The minimum absolute atomic E-state index is 0.671. The van der Waals surface area contributed by atoms with E-state index in [9.17, 15) is 0 Å². The largest absolute Gasteiger partial charge is 0.461 e. The minimum atomic E-state index is 0.671. The number of ether oxygens (including phenoxy) is 1. The number of furan rings is 1. The zero-order chi connectivity index (χ0) is 13.1. The van der Waals surface area contributed by atoms with E-state index in [-0.39, 0.29) is 0 Å². The van der Waals surface area contributed by atoms with E-state index in [1.165, 1.54) is 0 Å². The van der Waals surface area contributed by atoms with Gasteiger partial charge in [0, 0.05) is 13.2 Å². The lowest BCUT2D eigenvalue weighted by molar-refractivity contribution is 0.140. The molecule has 0 unspecified atom stereocenters. The van der Waals surface area contributed by atoms with E-state index in [1.54, 1.807) is 6.26 Å².